The number of para-hydroxylation sites is 1. The molecule has 0 bridgehead atoms. The van der Waals surface area contributed by atoms with Crippen LogP contribution in [0.1, 0.15) is 20.8 Å². The van der Waals surface area contributed by atoms with E-state index in [4.69, 9.17) is 9.72 Å². The Morgan fingerprint density at radius 2 is 1.69 bits per heavy atom. The van der Waals surface area contributed by atoms with Crippen LogP contribution in [-0.4, -0.2) is 35.0 Å². The van der Waals surface area contributed by atoms with Gasteiger partial charge in [0.25, 0.3) is 5.91 Å². The Morgan fingerprint density at radius 3 is 2.38 bits per heavy atom. The summed E-state index contributed by atoms with van der Waals surface area (Å²) in [5.41, 5.74) is 2.45. The van der Waals surface area contributed by atoms with Crippen LogP contribution in [0.2, 0.25) is 0 Å². The van der Waals surface area contributed by atoms with E-state index in [1.165, 1.54) is 0 Å². The number of nitrogens with zero attached hydrogens (tertiary/aromatic N) is 2. The van der Waals surface area contributed by atoms with Crippen LogP contribution in [-0.2, 0) is 4.79 Å². The van der Waals surface area contributed by atoms with Gasteiger partial charge in [0.2, 0.25) is 0 Å². The summed E-state index contributed by atoms with van der Waals surface area (Å²) >= 11 is 0. The highest BCUT2D eigenvalue weighted by Gasteiger charge is 2.22. The van der Waals surface area contributed by atoms with E-state index in [-0.39, 0.29) is 18.1 Å². The second-order valence-corrected chi connectivity index (χ2v) is 7.30. The minimum atomic E-state index is -0.240. The highest BCUT2D eigenvalue weighted by Crippen LogP contribution is 2.30. The van der Waals surface area contributed by atoms with Crippen LogP contribution in [0.25, 0.3) is 22.2 Å². The lowest BCUT2D eigenvalue weighted by atomic mass is 10.1. The van der Waals surface area contributed by atoms with Crippen LogP contribution < -0.4 is 4.74 Å². The van der Waals surface area contributed by atoms with E-state index in [1.54, 1.807) is 11.9 Å². The average molecular weight is 348 g/mol. The van der Waals surface area contributed by atoms with E-state index in [0.29, 0.717) is 5.75 Å². The van der Waals surface area contributed by atoms with E-state index in [9.17, 15) is 4.79 Å². The number of carbonyl (C=O) groups is 1. The Balaban J connectivity index is 1.93. The molecule has 0 aliphatic heterocycles. The highest BCUT2D eigenvalue weighted by molar-refractivity contribution is 5.88. The van der Waals surface area contributed by atoms with Crippen molar-refractivity contribution in [2.45, 2.75) is 26.3 Å². The third kappa shape index (κ3) is 3.85. The SMILES string of the molecule is CN(C(=O)COc1cc(-c2ccccc2)nc2ccccc12)C(C)(C)C. The summed E-state index contributed by atoms with van der Waals surface area (Å²) in [7, 11) is 1.80. The summed E-state index contributed by atoms with van der Waals surface area (Å²) in [6.07, 6.45) is 0. The molecule has 2 aromatic carbocycles. The van der Waals surface area contributed by atoms with Crippen LogP contribution in [0.5, 0.6) is 5.75 Å². The summed E-state index contributed by atoms with van der Waals surface area (Å²) in [5.74, 6) is 0.616. The molecule has 4 nitrogen and oxygen atoms in total. The quantitative estimate of drug-likeness (QED) is 0.695. The molecule has 3 rings (SSSR count). The average Bonchev–Trinajstić information content (AvgIpc) is 2.65. The Kier molecular flexibility index (Phi) is 4.94. The molecular weight excluding hydrogens is 324 g/mol. The lowest BCUT2D eigenvalue weighted by molar-refractivity contribution is -0.136. The Hall–Kier alpha value is -2.88. The van der Waals surface area contributed by atoms with Crippen molar-refractivity contribution in [1.82, 2.24) is 9.88 Å². The van der Waals surface area contributed by atoms with Gasteiger partial charge in [0.05, 0.1) is 11.2 Å². The lowest BCUT2D eigenvalue weighted by Gasteiger charge is -2.31. The molecule has 0 radical (unpaired) electrons. The zero-order chi connectivity index (χ0) is 18.7. The molecule has 0 aliphatic rings. The van der Waals surface area contributed by atoms with Crippen molar-refractivity contribution in [2.75, 3.05) is 13.7 Å². The normalized spacial score (nSPS) is 11.4. The summed E-state index contributed by atoms with van der Waals surface area (Å²) < 4.78 is 5.93. The lowest BCUT2D eigenvalue weighted by Crippen LogP contribution is -2.44. The van der Waals surface area contributed by atoms with Crippen molar-refractivity contribution >= 4 is 16.8 Å². The molecule has 1 amide bonds. The molecule has 1 heterocycles. The molecule has 0 N–H and O–H groups in total. The first-order valence-corrected chi connectivity index (χ1v) is 8.71. The second kappa shape index (κ2) is 7.16. The van der Waals surface area contributed by atoms with Gasteiger partial charge < -0.3 is 9.64 Å². The van der Waals surface area contributed by atoms with Gasteiger partial charge in [0, 0.05) is 29.6 Å². The molecule has 3 aromatic rings. The molecule has 0 spiro atoms. The van der Waals surface area contributed by atoms with Gasteiger partial charge in [0.1, 0.15) is 5.75 Å². The number of hydrogen-bond donors (Lipinski definition) is 0. The topological polar surface area (TPSA) is 42.4 Å². The molecule has 134 valence electrons. The fourth-order valence-electron chi connectivity index (χ4n) is 2.63. The summed E-state index contributed by atoms with van der Waals surface area (Å²) in [6.45, 7) is 6.00. The van der Waals surface area contributed by atoms with Crippen LogP contribution in [0.4, 0.5) is 0 Å². The zero-order valence-corrected chi connectivity index (χ0v) is 15.7. The number of likely N-dealkylation sites (N-methyl/N-ethyl adjacent to an activating group) is 1. The van der Waals surface area contributed by atoms with Crippen LogP contribution in [0.3, 0.4) is 0 Å². The number of fused-ring (bicyclic) bond motifs is 1. The third-order valence-corrected chi connectivity index (χ3v) is 4.48. The van der Waals surface area contributed by atoms with E-state index >= 15 is 0 Å². The third-order valence-electron chi connectivity index (χ3n) is 4.48. The maximum absolute atomic E-state index is 12.4. The fraction of sp³-hybridized carbons (Fsp3) is 0.273. The van der Waals surface area contributed by atoms with Crippen LogP contribution in [0.15, 0.2) is 60.7 Å². The minimum Gasteiger partial charge on any atom is -0.483 e. The van der Waals surface area contributed by atoms with Crippen molar-refractivity contribution in [3.05, 3.63) is 60.7 Å². The standard InChI is InChI=1S/C22H24N2O2/c1-22(2,3)24(4)21(25)15-26-20-14-19(16-10-6-5-7-11-16)23-18-13-9-8-12-17(18)20/h5-14H,15H2,1-4H3. The van der Waals surface area contributed by atoms with Gasteiger partial charge >= 0.3 is 0 Å². The molecule has 0 atom stereocenters. The van der Waals surface area contributed by atoms with Crippen LogP contribution >= 0.6 is 0 Å². The smallest absolute Gasteiger partial charge is 0.260 e. The number of carbonyl (C=O) groups excluding carboxylic acids is 1. The number of amides is 1. The molecule has 26 heavy (non-hydrogen) atoms. The number of rotatable bonds is 4. The van der Waals surface area contributed by atoms with Crippen molar-refractivity contribution in [3.8, 4) is 17.0 Å². The molecule has 0 fully saturated rings. The maximum Gasteiger partial charge on any atom is 0.260 e. The first-order chi connectivity index (χ1) is 12.4. The second-order valence-electron chi connectivity index (χ2n) is 7.30. The van der Waals surface area contributed by atoms with Gasteiger partial charge in [-0.1, -0.05) is 42.5 Å². The Labute approximate surface area is 154 Å². The van der Waals surface area contributed by atoms with Gasteiger partial charge in [-0.2, -0.15) is 0 Å². The van der Waals surface area contributed by atoms with Crippen LogP contribution in [0, 0.1) is 0 Å². The van der Waals surface area contributed by atoms with Gasteiger partial charge in [-0.05, 0) is 32.9 Å². The molecule has 0 unspecified atom stereocenters. The van der Waals surface area contributed by atoms with Gasteiger partial charge in [-0.15, -0.1) is 0 Å². The van der Waals surface area contributed by atoms with Crippen molar-refractivity contribution in [2.24, 2.45) is 0 Å². The summed E-state index contributed by atoms with van der Waals surface area (Å²) in [5, 5.41) is 0.901. The van der Waals surface area contributed by atoms with Crippen molar-refractivity contribution in [1.29, 1.82) is 0 Å². The molecule has 0 saturated carbocycles. The van der Waals surface area contributed by atoms with Gasteiger partial charge in [-0.25, -0.2) is 4.98 Å². The van der Waals surface area contributed by atoms with Crippen molar-refractivity contribution < 1.29 is 9.53 Å². The fourth-order valence-corrected chi connectivity index (χ4v) is 2.63. The van der Waals surface area contributed by atoms with Gasteiger partial charge in [-0.3, -0.25) is 4.79 Å². The first-order valence-electron chi connectivity index (χ1n) is 8.71. The van der Waals surface area contributed by atoms with E-state index in [0.717, 1.165) is 22.2 Å². The van der Waals surface area contributed by atoms with Gasteiger partial charge in [0.15, 0.2) is 6.61 Å². The number of hydrogen-bond acceptors (Lipinski definition) is 3. The van der Waals surface area contributed by atoms with E-state index in [2.05, 4.69) is 0 Å². The first kappa shape index (κ1) is 17.9. The van der Waals surface area contributed by atoms with E-state index in [1.807, 2.05) is 81.4 Å². The molecule has 0 aliphatic carbocycles. The molecular formula is C22H24N2O2. The number of pyridine rings is 1. The highest BCUT2D eigenvalue weighted by atomic mass is 16.5. The summed E-state index contributed by atoms with van der Waals surface area (Å²) in [6, 6.07) is 19.7. The number of ether oxygens (including phenoxy) is 1. The zero-order valence-electron chi connectivity index (χ0n) is 15.7. The predicted molar refractivity (Wildman–Crippen MR) is 105 cm³/mol. The van der Waals surface area contributed by atoms with Crippen molar-refractivity contribution in [3.63, 3.8) is 0 Å². The minimum absolute atomic E-state index is 0.00396. The molecule has 0 saturated heterocycles. The Morgan fingerprint density at radius 1 is 1.04 bits per heavy atom. The number of benzene rings is 2. The Bertz CT molecular complexity index is 914. The molecule has 1 aromatic heterocycles. The monoisotopic (exact) mass is 348 g/mol. The summed E-state index contributed by atoms with van der Waals surface area (Å²) in [4.78, 5) is 18.9. The maximum atomic E-state index is 12.4. The predicted octanol–water partition coefficient (Wildman–Crippen LogP) is 4.54. The van der Waals surface area contributed by atoms with E-state index < -0.39 is 0 Å². The molecule has 4 heteroatoms. The largest absolute Gasteiger partial charge is 0.483 e. The number of aromatic nitrogens is 1.